The van der Waals surface area contributed by atoms with E-state index in [1.165, 1.54) is 0 Å². The second kappa shape index (κ2) is 6.57. The monoisotopic (exact) mass is 301 g/mol. The molecule has 2 aromatic rings. The molecule has 0 bridgehead atoms. The summed E-state index contributed by atoms with van der Waals surface area (Å²) in [6.45, 7) is 4.15. The highest BCUT2D eigenvalue weighted by Gasteiger charge is 2.17. The molecule has 0 saturated carbocycles. The van der Waals surface area contributed by atoms with Gasteiger partial charge in [-0.3, -0.25) is 4.79 Å². The maximum Gasteiger partial charge on any atom is 0.254 e. The zero-order chi connectivity index (χ0) is 15.4. The molecule has 3 heterocycles. The van der Waals surface area contributed by atoms with Gasteiger partial charge in [-0.25, -0.2) is 9.97 Å². The molecule has 0 atom stereocenters. The Labute approximate surface area is 129 Å². The molecule has 1 aliphatic rings. The van der Waals surface area contributed by atoms with Gasteiger partial charge in [-0.2, -0.15) is 0 Å². The summed E-state index contributed by atoms with van der Waals surface area (Å²) in [6.07, 6.45) is 4.71. The fraction of sp³-hybridized carbons (Fsp3) is 0.400. The molecule has 0 spiro atoms. The predicted molar refractivity (Wildman–Crippen MR) is 81.6 cm³/mol. The van der Waals surface area contributed by atoms with Crippen molar-refractivity contribution in [1.82, 2.24) is 20.2 Å². The molecular formula is C15H19N5O2. The van der Waals surface area contributed by atoms with E-state index >= 15 is 0 Å². The molecule has 0 unspecified atom stereocenters. The minimum absolute atomic E-state index is 0.207. The largest absolute Gasteiger partial charge is 0.467 e. The first-order valence-electron chi connectivity index (χ1n) is 7.28. The Hall–Kier alpha value is -2.41. The Bertz CT molecular complexity index is 603. The quantitative estimate of drug-likeness (QED) is 0.898. The molecule has 2 aromatic heterocycles. The van der Waals surface area contributed by atoms with Gasteiger partial charge in [0.15, 0.2) is 0 Å². The first-order valence-corrected chi connectivity index (χ1v) is 7.28. The highest BCUT2D eigenvalue weighted by molar-refractivity contribution is 5.93. The van der Waals surface area contributed by atoms with Crippen molar-refractivity contribution in [2.75, 3.05) is 38.1 Å². The van der Waals surface area contributed by atoms with Crippen molar-refractivity contribution in [3.05, 3.63) is 42.1 Å². The normalized spacial score (nSPS) is 15.8. The maximum absolute atomic E-state index is 12.0. The number of amides is 1. The van der Waals surface area contributed by atoms with Gasteiger partial charge in [0.05, 0.1) is 18.4 Å². The smallest absolute Gasteiger partial charge is 0.254 e. The lowest BCUT2D eigenvalue weighted by Gasteiger charge is -2.32. The molecule has 1 amide bonds. The lowest BCUT2D eigenvalue weighted by Crippen LogP contribution is -2.45. The standard InChI is InChI=1S/C15H19N5O2/c1-19-4-6-20(7-5-19)15-17-9-12(10-18-15)14(21)16-11-13-3-2-8-22-13/h2-3,8-10H,4-7,11H2,1H3,(H,16,21). The summed E-state index contributed by atoms with van der Waals surface area (Å²) >= 11 is 0. The predicted octanol–water partition coefficient (Wildman–Crippen LogP) is 0.751. The van der Waals surface area contributed by atoms with Crippen LogP contribution in [-0.2, 0) is 6.54 Å². The first kappa shape index (κ1) is 14.5. The highest BCUT2D eigenvalue weighted by atomic mass is 16.3. The van der Waals surface area contributed by atoms with Crippen molar-refractivity contribution in [2.24, 2.45) is 0 Å². The van der Waals surface area contributed by atoms with Crippen LogP contribution in [0.2, 0.25) is 0 Å². The third kappa shape index (κ3) is 3.43. The van der Waals surface area contributed by atoms with Gasteiger partial charge in [0.25, 0.3) is 5.91 Å². The summed E-state index contributed by atoms with van der Waals surface area (Å²) in [7, 11) is 2.10. The van der Waals surface area contributed by atoms with Crippen LogP contribution < -0.4 is 10.2 Å². The molecule has 3 rings (SSSR count). The van der Waals surface area contributed by atoms with Gasteiger partial charge in [-0.05, 0) is 19.2 Å². The number of carbonyl (C=O) groups is 1. The van der Waals surface area contributed by atoms with E-state index in [4.69, 9.17) is 4.42 Å². The Morgan fingerprint density at radius 3 is 2.64 bits per heavy atom. The van der Waals surface area contributed by atoms with E-state index in [9.17, 15) is 4.79 Å². The van der Waals surface area contributed by atoms with Crippen LogP contribution in [0.1, 0.15) is 16.1 Å². The molecule has 1 saturated heterocycles. The Kier molecular flexibility index (Phi) is 4.34. The number of carbonyl (C=O) groups excluding carboxylic acids is 1. The van der Waals surface area contributed by atoms with E-state index in [-0.39, 0.29) is 5.91 Å². The van der Waals surface area contributed by atoms with Crippen LogP contribution in [0.3, 0.4) is 0 Å². The number of aromatic nitrogens is 2. The Balaban J connectivity index is 1.57. The molecule has 0 aromatic carbocycles. The van der Waals surface area contributed by atoms with E-state index in [1.807, 2.05) is 6.07 Å². The molecule has 7 nitrogen and oxygen atoms in total. The number of hydrogen-bond donors (Lipinski definition) is 1. The van der Waals surface area contributed by atoms with Crippen LogP contribution >= 0.6 is 0 Å². The van der Waals surface area contributed by atoms with Gasteiger partial charge in [-0.15, -0.1) is 0 Å². The van der Waals surface area contributed by atoms with Crippen LogP contribution in [0.4, 0.5) is 5.95 Å². The maximum atomic E-state index is 12.0. The van der Waals surface area contributed by atoms with Gasteiger partial charge >= 0.3 is 0 Å². The molecule has 0 radical (unpaired) electrons. The van der Waals surface area contributed by atoms with Crippen LogP contribution in [0.5, 0.6) is 0 Å². The Morgan fingerprint density at radius 2 is 2.00 bits per heavy atom. The van der Waals surface area contributed by atoms with Gasteiger partial charge < -0.3 is 19.5 Å². The molecule has 1 N–H and O–H groups in total. The summed E-state index contributed by atoms with van der Waals surface area (Å²) in [4.78, 5) is 25.0. The topological polar surface area (TPSA) is 74.5 Å². The minimum atomic E-state index is -0.207. The molecule has 7 heteroatoms. The summed E-state index contributed by atoms with van der Waals surface area (Å²) < 4.78 is 5.17. The van der Waals surface area contributed by atoms with Gasteiger partial charge in [0, 0.05) is 38.6 Å². The number of anilines is 1. The summed E-state index contributed by atoms with van der Waals surface area (Å²) in [5.74, 6) is 1.18. The molecule has 1 fully saturated rings. The molecule has 1 aliphatic heterocycles. The minimum Gasteiger partial charge on any atom is -0.467 e. The number of rotatable bonds is 4. The molecular weight excluding hydrogens is 282 g/mol. The fourth-order valence-corrected chi connectivity index (χ4v) is 2.29. The van der Waals surface area contributed by atoms with E-state index in [2.05, 4.69) is 32.1 Å². The van der Waals surface area contributed by atoms with E-state index in [1.54, 1.807) is 24.7 Å². The third-order valence-electron chi connectivity index (χ3n) is 3.69. The van der Waals surface area contributed by atoms with Crippen LogP contribution in [0, 0.1) is 0 Å². The third-order valence-corrected chi connectivity index (χ3v) is 3.69. The average Bonchev–Trinajstić information content (AvgIpc) is 3.07. The number of furan rings is 1. The number of hydrogen-bond acceptors (Lipinski definition) is 6. The summed E-state index contributed by atoms with van der Waals surface area (Å²) in [5.41, 5.74) is 0.449. The fourth-order valence-electron chi connectivity index (χ4n) is 2.29. The van der Waals surface area contributed by atoms with Gasteiger partial charge in [0.1, 0.15) is 5.76 Å². The van der Waals surface area contributed by atoms with Gasteiger partial charge in [-0.1, -0.05) is 0 Å². The zero-order valence-corrected chi connectivity index (χ0v) is 12.5. The molecule has 116 valence electrons. The van der Waals surface area contributed by atoms with Crippen LogP contribution in [-0.4, -0.2) is 54.0 Å². The van der Waals surface area contributed by atoms with E-state index < -0.39 is 0 Å². The lowest BCUT2D eigenvalue weighted by atomic mass is 10.3. The number of likely N-dealkylation sites (N-methyl/N-ethyl adjacent to an activating group) is 1. The molecule has 22 heavy (non-hydrogen) atoms. The van der Waals surface area contributed by atoms with Crippen molar-refractivity contribution in [2.45, 2.75) is 6.54 Å². The van der Waals surface area contributed by atoms with Crippen molar-refractivity contribution in [3.8, 4) is 0 Å². The summed E-state index contributed by atoms with van der Waals surface area (Å²) in [5, 5.41) is 2.77. The van der Waals surface area contributed by atoms with Crippen molar-refractivity contribution < 1.29 is 9.21 Å². The number of piperazine rings is 1. The second-order valence-electron chi connectivity index (χ2n) is 5.32. The average molecular weight is 301 g/mol. The first-order chi connectivity index (χ1) is 10.7. The number of nitrogens with zero attached hydrogens (tertiary/aromatic N) is 4. The van der Waals surface area contributed by atoms with Crippen molar-refractivity contribution >= 4 is 11.9 Å². The molecule has 0 aliphatic carbocycles. The van der Waals surface area contributed by atoms with Crippen molar-refractivity contribution in [1.29, 1.82) is 0 Å². The lowest BCUT2D eigenvalue weighted by molar-refractivity contribution is 0.0947. The second-order valence-corrected chi connectivity index (χ2v) is 5.32. The number of nitrogens with one attached hydrogen (secondary N) is 1. The van der Waals surface area contributed by atoms with Crippen molar-refractivity contribution in [3.63, 3.8) is 0 Å². The van der Waals surface area contributed by atoms with Crippen LogP contribution in [0.15, 0.2) is 35.2 Å². The van der Waals surface area contributed by atoms with Gasteiger partial charge in [0.2, 0.25) is 5.95 Å². The van der Waals surface area contributed by atoms with E-state index in [0.29, 0.717) is 23.8 Å². The van der Waals surface area contributed by atoms with Crippen LogP contribution in [0.25, 0.3) is 0 Å². The van der Waals surface area contributed by atoms with E-state index in [0.717, 1.165) is 26.2 Å². The SMILES string of the molecule is CN1CCN(c2ncc(C(=O)NCc3ccco3)cn2)CC1. The zero-order valence-electron chi connectivity index (χ0n) is 12.5. The highest BCUT2D eigenvalue weighted by Crippen LogP contribution is 2.10. The summed E-state index contributed by atoms with van der Waals surface area (Å²) in [6, 6.07) is 3.60. The Morgan fingerprint density at radius 1 is 1.27 bits per heavy atom.